The Labute approximate surface area is 60.9 Å². The van der Waals surface area contributed by atoms with Crippen LogP contribution in [0.4, 0.5) is 0 Å². The van der Waals surface area contributed by atoms with Crippen LogP contribution < -0.4 is 10.6 Å². The maximum Gasteiger partial charge on any atom is 0.544 e. The van der Waals surface area contributed by atoms with Gasteiger partial charge < -0.3 is 0 Å². The summed E-state index contributed by atoms with van der Waals surface area (Å²) in [6.07, 6.45) is 1.01. The van der Waals surface area contributed by atoms with Gasteiger partial charge in [-0.05, 0) is 11.0 Å². The minimum Gasteiger partial charge on any atom is -0.256 e. The Kier molecular flexibility index (Phi) is 2.36. The van der Waals surface area contributed by atoms with Crippen molar-refractivity contribution in [2.24, 2.45) is 0 Å². The first kappa shape index (κ1) is 8.08. The quantitative estimate of drug-likeness (QED) is 0.475. The SMILES string of the molecule is CC1([P+](=O)O)NCCCN1. The summed E-state index contributed by atoms with van der Waals surface area (Å²) in [7, 11) is -2.17. The van der Waals surface area contributed by atoms with E-state index in [1.165, 1.54) is 0 Å². The first-order valence-corrected chi connectivity index (χ1v) is 4.53. The lowest BCUT2D eigenvalue weighted by atomic mass is 10.3. The Balaban J connectivity index is 2.56. The van der Waals surface area contributed by atoms with Gasteiger partial charge in [0.05, 0.1) is 0 Å². The number of hydrogen-bond acceptors (Lipinski definition) is 3. The van der Waals surface area contributed by atoms with Crippen LogP contribution in [0.25, 0.3) is 0 Å². The van der Waals surface area contributed by atoms with E-state index in [4.69, 9.17) is 4.89 Å². The molecule has 0 aromatic carbocycles. The molecule has 1 unspecified atom stereocenters. The normalized spacial score (nSPS) is 26.0. The van der Waals surface area contributed by atoms with E-state index in [0.717, 1.165) is 19.5 Å². The van der Waals surface area contributed by atoms with Gasteiger partial charge in [-0.25, -0.2) is 0 Å². The van der Waals surface area contributed by atoms with Crippen LogP contribution in [-0.4, -0.2) is 23.4 Å². The Morgan fingerprint density at radius 2 is 2.00 bits per heavy atom. The van der Waals surface area contributed by atoms with Crippen LogP contribution in [-0.2, 0) is 4.57 Å². The van der Waals surface area contributed by atoms with Crippen LogP contribution >= 0.6 is 8.03 Å². The van der Waals surface area contributed by atoms with Crippen molar-refractivity contribution in [3.05, 3.63) is 0 Å². The van der Waals surface area contributed by atoms with Crippen molar-refractivity contribution >= 4 is 8.03 Å². The van der Waals surface area contributed by atoms with Crippen molar-refractivity contribution in [1.29, 1.82) is 0 Å². The van der Waals surface area contributed by atoms with Crippen LogP contribution in [0.1, 0.15) is 13.3 Å². The molecule has 0 radical (unpaired) electrons. The first-order chi connectivity index (χ1) is 4.65. The van der Waals surface area contributed by atoms with Crippen molar-refractivity contribution in [2.75, 3.05) is 13.1 Å². The molecule has 1 aliphatic rings. The fourth-order valence-corrected chi connectivity index (χ4v) is 1.44. The van der Waals surface area contributed by atoms with E-state index in [-0.39, 0.29) is 0 Å². The maximum absolute atomic E-state index is 10.7. The van der Waals surface area contributed by atoms with E-state index in [9.17, 15) is 4.57 Å². The fraction of sp³-hybridized carbons (Fsp3) is 1.00. The summed E-state index contributed by atoms with van der Waals surface area (Å²) in [5.41, 5.74) is 0. The lowest BCUT2D eigenvalue weighted by Gasteiger charge is -2.24. The largest absolute Gasteiger partial charge is 0.544 e. The minimum absolute atomic E-state index is 0.756. The number of hydrogen-bond donors (Lipinski definition) is 3. The summed E-state index contributed by atoms with van der Waals surface area (Å²) in [5, 5.41) is 5.14. The van der Waals surface area contributed by atoms with Crippen molar-refractivity contribution in [1.82, 2.24) is 10.6 Å². The zero-order chi connectivity index (χ0) is 7.61. The lowest BCUT2D eigenvalue weighted by Crippen LogP contribution is -2.56. The molecule has 0 bridgehead atoms. The van der Waals surface area contributed by atoms with Gasteiger partial charge in [0.1, 0.15) is 0 Å². The topological polar surface area (TPSA) is 61.4 Å². The van der Waals surface area contributed by atoms with E-state index >= 15 is 0 Å². The monoisotopic (exact) mass is 163 g/mol. The average molecular weight is 163 g/mol. The lowest BCUT2D eigenvalue weighted by molar-refractivity contribution is 0.314. The summed E-state index contributed by atoms with van der Waals surface area (Å²) in [5.74, 6) is 0. The fourth-order valence-electron chi connectivity index (χ4n) is 0.950. The second-order valence-corrected chi connectivity index (χ2v) is 3.99. The molecular weight excluding hydrogens is 151 g/mol. The molecule has 0 spiro atoms. The minimum atomic E-state index is -2.17. The van der Waals surface area contributed by atoms with E-state index in [1.54, 1.807) is 6.92 Å². The molecule has 0 saturated carbocycles. The van der Waals surface area contributed by atoms with Crippen LogP contribution in [0.5, 0.6) is 0 Å². The molecule has 0 aromatic rings. The molecule has 4 nitrogen and oxygen atoms in total. The van der Waals surface area contributed by atoms with Crippen LogP contribution in [0.15, 0.2) is 0 Å². The molecule has 1 aliphatic heterocycles. The molecule has 1 rings (SSSR count). The molecule has 0 aromatic heterocycles. The third-order valence-electron chi connectivity index (χ3n) is 1.67. The summed E-state index contributed by atoms with van der Waals surface area (Å²) >= 11 is 0. The van der Waals surface area contributed by atoms with Crippen LogP contribution in [0.3, 0.4) is 0 Å². The Bertz CT molecular complexity index is 145. The average Bonchev–Trinajstić information content (AvgIpc) is 1.89. The van der Waals surface area contributed by atoms with E-state index < -0.39 is 13.4 Å². The van der Waals surface area contributed by atoms with Gasteiger partial charge in [-0.2, -0.15) is 4.89 Å². The molecule has 5 heteroatoms. The highest BCUT2D eigenvalue weighted by Crippen LogP contribution is 2.30. The van der Waals surface area contributed by atoms with Gasteiger partial charge in [-0.3, -0.25) is 10.6 Å². The van der Waals surface area contributed by atoms with Gasteiger partial charge in [-0.15, -0.1) is 0 Å². The van der Waals surface area contributed by atoms with E-state index in [0.29, 0.717) is 0 Å². The van der Waals surface area contributed by atoms with Crippen molar-refractivity contribution in [3.63, 3.8) is 0 Å². The predicted molar refractivity (Wildman–Crippen MR) is 38.9 cm³/mol. The second kappa shape index (κ2) is 2.93. The van der Waals surface area contributed by atoms with Gasteiger partial charge >= 0.3 is 13.4 Å². The summed E-state index contributed by atoms with van der Waals surface area (Å²) in [6.45, 7) is 3.32. The third kappa shape index (κ3) is 1.52. The number of nitrogens with one attached hydrogen (secondary N) is 2. The summed E-state index contributed by atoms with van der Waals surface area (Å²) in [4.78, 5) is 8.82. The molecule has 10 heavy (non-hydrogen) atoms. The first-order valence-electron chi connectivity index (χ1n) is 3.31. The molecule has 1 saturated heterocycles. The Hall–Kier alpha value is -0.0200. The van der Waals surface area contributed by atoms with Crippen molar-refractivity contribution in [2.45, 2.75) is 18.7 Å². The molecule has 58 valence electrons. The van der Waals surface area contributed by atoms with Crippen LogP contribution in [0.2, 0.25) is 0 Å². The molecule has 0 amide bonds. The van der Waals surface area contributed by atoms with Crippen LogP contribution in [0, 0.1) is 0 Å². The zero-order valence-corrected chi connectivity index (χ0v) is 6.82. The molecule has 1 heterocycles. The molecular formula is C5H12N2O2P+. The van der Waals surface area contributed by atoms with Gasteiger partial charge in [0, 0.05) is 20.0 Å². The summed E-state index contributed by atoms with van der Waals surface area (Å²) in [6, 6.07) is 0. The molecule has 0 aliphatic carbocycles. The highest BCUT2D eigenvalue weighted by molar-refractivity contribution is 7.39. The van der Waals surface area contributed by atoms with E-state index in [1.807, 2.05) is 0 Å². The number of rotatable bonds is 1. The van der Waals surface area contributed by atoms with Crippen molar-refractivity contribution < 1.29 is 9.46 Å². The van der Waals surface area contributed by atoms with Gasteiger partial charge in [0.15, 0.2) is 0 Å². The maximum atomic E-state index is 10.7. The molecule has 3 N–H and O–H groups in total. The van der Waals surface area contributed by atoms with Gasteiger partial charge in [0.25, 0.3) is 0 Å². The summed E-state index contributed by atoms with van der Waals surface area (Å²) < 4.78 is 10.7. The Morgan fingerprint density at radius 1 is 1.50 bits per heavy atom. The predicted octanol–water partition coefficient (Wildman–Crippen LogP) is -0.0223. The van der Waals surface area contributed by atoms with Gasteiger partial charge in [-0.1, -0.05) is 0 Å². The van der Waals surface area contributed by atoms with Crippen molar-refractivity contribution in [3.8, 4) is 0 Å². The highest BCUT2D eigenvalue weighted by Gasteiger charge is 2.44. The second-order valence-electron chi connectivity index (χ2n) is 2.55. The Morgan fingerprint density at radius 3 is 2.30 bits per heavy atom. The molecule has 1 atom stereocenters. The zero-order valence-electron chi connectivity index (χ0n) is 5.92. The van der Waals surface area contributed by atoms with E-state index in [2.05, 4.69) is 10.6 Å². The highest BCUT2D eigenvalue weighted by atomic mass is 31.1. The standard InChI is InChI=1S/C5H11N2O2P/c1-5(10(8)9)6-3-2-4-7-5/h6-7H,2-4H2,1H3/p+1. The smallest absolute Gasteiger partial charge is 0.256 e. The third-order valence-corrected chi connectivity index (χ3v) is 2.76. The van der Waals surface area contributed by atoms with Gasteiger partial charge in [0.2, 0.25) is 0 Å². The molecule has 1 fully saturated rings.